The molecule has 0 radical (unpaired) electrons. The fourth-order valence-electron chi connectivity index (χ4n) is 1.28. The van der Waals surface area contributed by atoms with Crippen molar-refractivity contribution in [2.24, 2.45) is 5.73 Å². The summed E-state index contributed by atoms with van der Waals surface area (Å²) in [7, 11) is 0. The fourth-order valence-corrected chi connectivity index (χ4v) is 1.28. The summed E-state index contributed by atoms with van der Waals surface area (Å²) < 4.78 is 62.2. The van der Waals surface area contributed by atoms with Crippen molar-refractivity contribution in [3.05, 3.63) is 35.4 Å². The second-order valence-corrected chi connectivity index (χ2v) is 3.54. The molecule has 0 heterocycles. The van der Waals surface area contributed by atoms with Crippen LogP contribution in [0.5, 0.6) is 0 Å². The van der Waals surface area contributed by atoms with Gasteiger partial charge in [0.15, 0.2) is 11.6 Å². The molecule has 0 amide bonds. The van der Waals surface area contributed by atoms with Gasteiger partial charge in [-0.2, -0.15) is 13.2 Å². The molecule has 0 spiro atoms. The largest absolute Gasteiger partial charge is 0.403 e. The summed E-state index contributed by atoms with van der Waals surface area (Å²) in [6.45, 7) is 0. The molecule has 0 bridgehead atoms. The molecule has 0 unspecified atom stereocenters. The highest BCUT2D eigenvalue weighted by molar-refractivity contribution is 5.21. The third kappa shape index (κ3) is 3.37. The minimum absolute atomic E-state index is 0.537. The smallest absolute Gasteiger partial charge is 0.388 e. The topological polar surface area (TPSA) is 46.2 Å². The lowest BCUT2D eigenvalue weighted by Gasteiger charge is -2.19. The highest BCUT2D eigenvalue weighted by atomic mass is 19.4. The first kappa shape index (κ1) is 13.9. The van der Waals surface area contributed by atoms with Gasteiger partial charge in [0.05, 0.1) is 6.10 Å². The Kier molecular flexibility index (Phi) is 4.05. The molecule has 0 saturated heterocycles. The number of aliphatic hydroxyl groups is 1. The standard InChI is InChI=1S/C10H10F5NO/c11-6-3-1-2-5(9(6)12)7(17)4-8(16)10(13,14)15/h1-3,7-8,17H,4,16H2/t7-,8-/m1/s1. The number of rotatable bonds is 3. The molecule has 2 nitrogen and oxygen atoms in total. The SMILES string of the molecule is N[C@H](C[C@@H](O)c1cccc(F)c1F)C(F)(F)F. The van der Waals surface area contributed by atoms with Gasteiger partial charge in [-0.25, -0.2) is 8.78 Å². The molecule has 7 heteroatoms. The van der Waals surface area contributed by atoms with E-state index in [-0.39, 0.29) is 0 Å². The molecule has 17 heavy (non-hydrogen) atoms. The van der Waals surface area contributed by atoms with Crippen LogP contribution in [0.2, 0.25) is 0 Å². The van der Waals surface area contributed by atoms with Crippen LogP contribution in [-0.2, 0) is 0 Å². The van der Waals surface area contributed by atoms with Crippen molar-refractivity contribution in [1.29, 1.82) is 0 Å². The minimum Gasteiger partial charge on any atom is -0.388 e. The predicted octanol–water partition coefficient (Wildman–Crippen LogP) is 2.28. The van der Waals surface area contributed by atoms with Gasteiger partial charge in [-0.05, 0) is 6.07 Å². The predicted molar refractivity (Wildman–Crippen MR) is 50.0 cm³/mol. The number of hydrogen-bond donors (Lipinski definition) is 2. The summed E-state index contributed by atoms with van der Waals surface area (Å²) in [5, 5.41) is 9.37. The lowest BCUT2D eigenvalue weighted by atomic mass is 10.0. The Balaban J connectivity index is 2.84. The van der Waals surface area contributed by atoms with Crippen molar-refractivity contribution >= 4 is 0 Å². The zero-order chi connectivity index (χ0) is 13.2. The van der Waals surface area contributed by atoms with Crippen molar-refractivity contribution in [3.8, 4) is 0 Å². The Morgan fingerprint density at radius 1 is 1.24 bits per heavy atom. The van der Waals surface area contributed by atoms with Crippen molar-refractivity contribution in [1.82, 2.24) is 0 Å². The Morgan fingerprint density at radius 3 is 2.35 bits per heavy atom. The first-order valence-corrected chi connectivity index (χ1v) is 4.67. The third-order valence-electron chi connectivity index (χ3n) is 2.24. The van der Waals surface area contributed by atoms with Gasteiger partial charge >= 0.3 is 6.18 Å². The second-order valence-electron chi connectivity index (χ2n) is 3.54. The lowest BCUT2D eigenvalue weighted by Crippen LogP contribution is -2.38. The van der Waals surface area contributed by atoms with E-state index in [1.807, 2.05) is 0 Å². The summed E-state index contributed by atoms with van der Waals surface area (Å²) >= 11 is 0. The molecule has 0 saturated carbocycles. The molecular formula is C10H10F5NO. The zero-order valence-electron chi connectivity index (χ0n) is 8.51. The van der Waals surface area contributed by atoms with Gasteiger partial charge < -0.3 is 10.8 Å². The number of hydrogen-bond acceptors (Lipinski definition) is 2. The molecule has 1 aromatic rings. The average Bonchev–Trinajstić information content (AvgIpc) is 2.20. The molecular weight excluding hydrogens is 245 g/mol. The van der Waals surface area contributed by atoms with E-state index in [0.717, 1.165) is 18.2 Å². The Hall–Kier alpha value is -1.21. The molecule has 0 fully saturated rings. The van der Waals surface area contributed by atoms with Crippen LogP contribution in [0, 0.1) is 11.6 Å². The Bertz CT molecular complexity index is 393. The van der Waals surface area contributed by atoms with Gasteiger partial charge in [0, 0.05) is 12.0 Å². The maximum Gasteiger partial charge on any atom is 0.403 e. The molecule has 0 aliphatic heterocycles. The second kappa shape index (κ2) is 4.97. The molecule has 1 aromatic carbocycles. The van der Waals surface area contributed by atoms with Gasteiger partial charge in [0.25, 0.3) is 0 Å². The quantitative estimate of drug-likeness (QED) is 0.814. The monoisotopic (exact) mass is 255 g/mol. The summed E-state index contributed by atoms with van der Waals surface area (Å²) in [6.07, 6.45) is -7.42. The van der Waals surface area contributed by atoms with Crippen LogP contribution in [0.25, 0.3) is 0 Å². The summed E-state index contributed by atoms with van der Waals surface area (Å²) in [5.41, 5.74) is 4.24. The van der Waals surface area contributed by atoms with Crippen molar-refractivity contribution in [3.63, 3.8) is 0 Å². The molecule has 96 valence electrons. The van der Waals surface area contributed by atoms with Gasteiger partial charge in [0.1, 0.15) is 6.04 Å². The van der Waals surface area contributed by atoms with E-state index in [2.05, 4.69) is 0 Å². The summed E-state index contributed by atoms with van der Waals surface area (Å²) in [5.74, 6) is -2.60. The van der Waals surface area contributed by atoms with Crippen LogP contribution in [0.1, 0.15) is 18.1 Å². The number of nitrogens with two attached hydrogens (primary N) is 1. The van der Waals surface area contributed by atoms with Crippen LogP contribution in [0.3, 0.4) is 0 Å². The van der Waals surface area contributed by atoms with E-state index in [1.165, 1.54) is 0 Å². The van der Waals surface area contributed by atoms with Crippen molar-refractivity contribution in [2.75, 3.05) is 0 Å². The summed E-state index contributed by atoms with van der Waals surface area (Å²) in [4.78, 5) is 0. The van der Waals surface area contributed by atoms with Crippen LogP contribution < -0.4 is 5.73 Å². The maximum atomic E-state index is 13.1. The molecule has 1 rings (SSSR count). The van der Waals surface area contributed by atoms with E-state index >= 15 is 0 Å². The molecule has 0 aromatic heterocycles. The number of aliphatic hydroxyl groups excluding tert-OH is 1. The maximum absolute atomic E-state index is 13.1. The van der Waals surface area contributed by atoms with Crippen LogP contribution in [-0.4, -0.2) is 17.3 Å². The number of halogens is 5. The molecule has 3 N–H and O–H groups in total. The molecule has 0 aliphatic carbocycles. The average molecular weight is 255 g/mol. The van der Waals surface area contributed by atoms with Crippen LogP contribution in [0.15, 0.2) is 18.2 Å². The van der Waals surface area contributed by atoms with Crippen molar-refractivity contribution in [2.45, 2.75) is 24.7 Å². The molecule has 2 atom stereocenters. The summed E-state index contributed by atoms with van der Waals surface area (Å²) in [6, 6.07) is 0.609. The van der Waals surface area contributed by atoms with E-state index in [9.17, 15) is 27.1 Å². The van der Waals surface area contributed by atoms with E-state index in [1.54, 1.807) is 0 Å². The Labute approximate surface area is 93.9 Å². The number of benzene rings is 1. The van der Waals surface area contributed by atoms with Gasteiger partial charge in [-0.3, -0.25) is 0 Å². The van der Waals surface area contributed by atoms with Crippen LogP contribution in [0.4, 0.5) is 22.0 Å². The first-order chi connectivity index (χ1) is 7.73. The zero-order valence-corrected chi connectivity index (χ0v) is 8.51. The fraction of sp³-hybridized carbons (Fsp3) is 0.400. The van der Waals surface area contributed by atoms with Crippen molar-refractivity contribution < 1.29 is 27.1 Å². The minimum atomic E-state index is -4.69. The highest BCUT2D eigenvalue weighted by Crippen LogP contribution is 2.28. The van der Waals surface area contributed by atoms with Gasteiger partial charge in [0.2, 0.25) is 0 Å². The third-order valence-corrected chi connectivity index (χ3v) is 2.24. The molecule has 0 aliphatic rings. The first-order valence-electron chi connectivity index (χ1n) is 4.67. The Morgan fingerprint density at radius 2 is 1.82 bits per heavy atom. The van der Waals surface area contributed by atoms with E-state index < -0.39 is 41.9 Å². The van der Waals surface area contributed by atoms with Crippen LogP contribution >= 0.6 is 0 Å². The van der Waals surface area contributed by atoms with E-state index in [4.69, 9.17) is 5.73 Å². The normalized spacial score (nSPS) is 15.7. The van der Waals surface area contributed by atoms with Gasteiger partial charge in [-0.15, -0.1) is 0 Å². The lowest BCUT2D eigenvalue weighted by molar-refractivity contribution is -0.154. The van der Waals surface area contributed by atoms with E-state index in [0.29, 0.717) is 0 Å². The highest BCUT2D eigenvalue weighted by Gasteiger charge is 2.38. The number of alkyl halides is 3. The van der Waals surface area contributed by atoms with Gasteiger partial charge in [-0.1, -0.05) is 12.1 Å².